The normalized spacial score (nSPS) is 10.6. The van der Waals surface area contributed by atoms with Gasteiger partial charge in [0.1, 0.15) is 5.82 Å². The highest BCUT2D eigenvalue weighted by Gasteiger charge is 2.07. The maximum Gasteiger partial charge on any atom is 0.109 e. The minimum Gasteiger partial charge on any atom is -0.331 e. The van der Waals surface area contributed by atoms with E-state index in [1.54, 1.807) is 0 Å². The first-order chi connectivity index (χ1) is 7.76. The van der Waals surface area contributed by atoms with Gasteiger partial charge in [-0.2, -0.15) is 5.26 Å². The molecule has 0 N–H and O–H groups in total. The lowest BCUT2D eigenvalue weighted by Gasteiger charge is -2.00. The number of rotatable bonds is 3. The fourth-order valence-corrected chi connectivity index (χ4v) is 1.88. The molecule has 3 nitrogen and oxygen atoms in total. The minimum absolute atomic E-state index is 0.674. The van der Waals surface area contributed by atoms with Crippen molar-refractivity contribution >= 4 is 11.0 Å². The quantitative estimate of drug-likeness (QED) is 0.786. The summed E-state index contributed by atoms with van der Waals surface area (Å²) in [5, 5.41) is 8.83. The van der Waals surface area contributed by atoms with Gasteiger partial charge in [-0.1, -0.05) is 13.3 Å². The Hall–Kier alpha value is -1.82. The topological polar surface area (TPSA) is 41.6 Å². The first-order valence-corrected chi connectivity index (χ1v) is 5.61. The van der Waals surface area contributed by atoms with Gasteiger partial charge < -0.3 is 4.57 Å². The molecule has 0 amide bonds. The molecule has 3 heteroatoms. The summed E-state index contributed by atoms with van der Waals surface area (Å²) >= 11 is 0. The van der Waals surface area contributed by atoms with Gasteiger partial charge in [0.15, 0.2) is 0 Å². The van der Waals surface area contributed by atoms with E-state index in [4.69, 9.17) is 5.26 Å². The Morgan fingerprint density at radius 2 is 2.25 bits per heavy atom. The highest BCUT2D eigenvalue weighted by molar-refractivity contribution is 5.77. The number of imidazole rings is 1. The van der Waals surface area contributed by atoms with Crippen molar-refractivity contribution in [1.29, 1.82) is 5.26 Å². The van der Waals surface area contributed by atoms with Crippen molar-refractivity contribution in [1.82, 2.24) is 9.55 Å². The minimum atomic E-state index is 0.674. The van der Waals surface area contributed by atoms with E-state index in [2.05, 4.69) is 22.5 Å². The highest BCUT2D eigenvalue weighted by atomic mass is 15.1. The summed E-state index contributed by atoms with van der Waals surface area (Å²) in [6.07, 6.45) is 3.33. The van der Waals surface area contributed by atoms with E-state index in [0.29, 0.717) is 5.56 Å². The molecule has 16 heavy (non-hydrogen) atoms. The van der Waals surface area contributed by atoms with Crippen molar-refractivity contribution in [3.63, 3.8) is 0 Å². The molecule has 0 bridgehead atoms. The van der Waals surface area contributed by atoms with Crippen LogP contribution < -0.4 is 0 Å². The molecule has 2 aromatic rings. The average molecular weight is 213 g/mol. The van der Waals surface area contributed by atoms with Crippen molar-refractivity contribution in [3.8, 4) is 6.07 Å². The van der Waals surface area contributed by atoms with Crippen LogP contribution in [-0.4, -0.2) is 9.55 Å². The van der Waals surface area contributed by atoms with Gasteiger partial charge in [-0.25, -0.2) is 4.98 Å². The molecule has 0 atom stereocenters. The molecule has 1 aromatic carbocycles. The van der Waals surface area contributed by atoms with Crippen molar-refractivity contribution in [2.24, 2.45) is 7.05 Å². The standard InChI is InChI=1S/C13H15N3/c1-3-4-5-13-15-11-8-10(9-14)6-7-12(11)16(13)2/h6-8H,3-5H2,1-2H3. The lowest BCUT2D eigenvalue weighted by atomic mass is 10.2. The molecule has 2 rings (SSSR count). The van der Waals surface area contributed by atoms with Crippen LogP contribution in [0, 0.1) is 11.3 Å². The molecule has 0 radical (unpaired) electrons. The lowest BCUT2D eigenvalue weighted by Crippen LogP contribution is -1.97. The molecule has 1 heterocycles. The Morgan fingerprint density at radius 1 is 1.44 bits per heavy atom. The summed E-state index contributed by atoms with van der Waals surface area (Å²) in [6, 6.07) is 7.80. The van der Waals surface area contributed by atoms with E-state index < -0.39 is 0 Å². The van der Waals surface area contributed by atoms with Crippen LogP contribution in [0.3, 0.4) is 0 Å². The number of unbranched alkanes of at least 4 members (excludes halogenated alkanes) is 1. The number of nitriles is 1. The zero-order valence-corrected chi connectivity index (χ0v) is 9.70. The van der Waals surface area contributed by atoms with E-state index in [1.165, 1.54) is 6.42 Å². The van der Waals surface area contributed by atoms with Gasteiger partial charge in [0.25, 0.3) is 0 Å². The molecule has 0 aliphatic carbocycles. The van der Waals surface area contributed by atoms with Crippen LogP contribution in [0.2, 0.25) is 0 Å². The summed E-state index contributed by atoms with van der Waals surface area (Å²) in [7, 11) is 2.03. The van der Waals surface area contributed by atoms with Crippen molar-refractivity contribution < 1.29 is 0 Å². The molecule has 0 aliphatic rings. The molecule has 0 saturated carbocycles. The van der Waals surface area contributed by atoms with Gasteiger partial charge in [0, 0.05) is 13.5 Å². The monoisotopic (exact) mass is 213 g/mol. The van der Waals surface area contributed by atoms with Crippen LogP contribution in [0.15, 0.2) is 18.2 Å². The molecule has 0 fully saturated rings. The predicted octanol–water partition coefficient (Wildman–Crippen LogP) is 2.79. The second-order valence-corrected chi connectivity index (χ2v) is 4.01. The number of aromatic nitrogens is 2. The van der Waals surface area contributed by atoms with E-state index in [9.17, 15) is 0 Å². The van der Waals surface area contributed by atoms with E-state index in [0.717, 1.165) is 29.7 Å². The van der Waals surface area contributed by atoms with Gasteiger partial charge >= 0.3 is 0 Å². The molecular weight excluding hydrogens is 198 g/mol. The van der Waals surface area contributed by atoms with Crippen LogP contribution in [0.25, 0.3) is 11.0 Å². The number of hydrogen-bond donors (Lipinski definition) is 0. The molecule has 0 unspecified atom stereocenters. The number of aryl methyl sites for hydroxylation is 2. The third kappa shape index (κ3) is 1.79. The third-order valence-electron chi connectivity index (χ3n) is 2.86. The van der Waals surface area contributed by atoms with Gasteiger partial charge in [0.2, 0.25) is 0 Å². The fourth-order valence-electron chi connectivity index (χ4n) is 1.88. The zero-order valence-electron chi connectivity index (χ0n) is 9.70. The van der Waals surface area contributed by atoms with Crippen LogP contribution in [0.5, 0.6) is 0 Å². The molecular formula is C13H15N3. The Bertz CT molecular complexity index is 546. The SMILES string of the molecule is CCCCc1nc2cc(C#N)ccc2n1C. The first kappa shape index (κ1) is 10.7. The second-order valence-electron chi connectivity index (χ2n) is 4.01. The van der Waals surface area contributed by atoms with Gasteiger partial charge in [0.05, 0.1) is 22.7 Å². The summed E-state index contributed by atoms with van der Waals surface area (Å²) in [6.45, 7) is 2.18. The second kappa shape index (κ2) is 4.36. The molecule has 0 spiro atoms. The summed E-state index contributed by atoms with van der Waals surface area (Å²) < 4.78 is 2.12. The van der Waals surface area contributed by atoms with Crippen LogP contribution in [-0.2, 0) is 13.5 Å². The van der Waals surface area contributed by atoms with E-state index >= 15 is 0 Å². The largest absolute Gasteiger partial charge is 0.331 e. The van der Waals surface area contributed by atoms with Crippen LogP contribution >= 0.6 is 0 Å². The maximum absolute atomic E-state index is 8.83. The number of fused-ring (bicyclic) bond motifs is 1. The van der Waals surface area contributed by atoms with Gasteiger partial charge in [-0.05, 0) is 24.6 Å². The van der Waals surface area contributed by atoms with E-state index in [-0.39, 0.29) is 0 Å². The Labute approximate surface area is 95.3 Å². The Morgan fingerprint density at radius 3 is 2.94 bits per heavy atom. The fraction of sp³-hybridized carbons (Fsp3) is 0.385. The van der Waals surface area contributed by atoms with E-state index in [1.807, 2.05) is 25.2 Å². The van der Waals surface area contributed by atoms with Crippen LogP contribution in [0.1, 0.15) is 31.2 Å². The zero-order chi connectivity index (χ0) is 11.5. The number of hydrogen-bond acceptors (Lipinski definition) is 2. The smallest absolute Gasteiger partial charge is 0.109 e. The predicted molar refractivity (Wildman–Crippen MR) is 64.0 cm³/mol. The average Bonchev–Trinajstić information content (AvgIpc) is 2.63. The molecule has 0 saturated heterocycles. The maximum atomic E-state index is 8.83. The van der Waals surface area contributed by atoms with Crippen molar-refractivity contribution in [2.45, 2.75) is 26.2 Å². The summed E-state index contributed by atoms with van der Waals surface area (Å²) in [4.78, 5) is 4.57. The van der Waals surface area contributed by atoms with Crippen molar-refractivity contribution in [3.05, 3.63) is 29.6 Å². The Kier molecular flexibility index (Phi) is 2.91. The number of benzene rings is 1. The van der Waals surface area contributed by atoms with Gasteiger partial charge in [-0.15, -0.1) is 0 Å². The summed E-state index contributed by atoms with van der Waals surface area (Å²) in [5.74, 6) is 1.10. The van der Waals surface area contributed by atoms with Gasteiger partial charge in [-0.3, -0.25) is 0 Å². The number of nitrogens with zero attached hydrogens (tertiary/aromatic N) is 3. The third-order valence-corrected chi connectivity index (χ3v) is 2.86. The highest BCUT2D eigenvalue weighted by Crippen LogP contribution is 2.17. The summed E-state index contributed by atoms with van der Waals surface area (Å²) in [5.41, 5.74) is 2.70. The van der Waals surface area contributed by atoms with Crippen LogP contribution in [0.4, 0.5) is 0 Å². The Balaban J connectivity index is 2.47. The molecule has 0 aliphatic heterocycles. The first-order valence-electron chi connectivity index (χ1n) is 5.61. The molecule has 1 aromatic heterocycles. The molecule has 82 valence electrons. The van der Waals surface area contributed by atoms with Crippen molar-refractivity contribution in [2.75, 3.05) is 0 Å². The lowest BCUT2D eigenvalue weighted by molar-refractivity contribution is 0.720.